The van der Waals surface area contributed by atoms with Gasteiger partial charge in [0.25, 0.3) is 0 Å². The molecule has 84 valence electrons. The maximum Gasteiger partial charge on any atom is 0.156 e. The number of amidine groups is 1. The molecule has 0 amide bonds. The third kappa shape index (κ3) is 3.00. The van der Waals surface area contributed by atoms with E-state index in [4.69, 9.17) is 11.1 Å². The van der Waals surface area contributed by atoms with Crippen LogP contribution < -0.4 is 5.73 Å². The van der Waals surface area contributed by atoms with Crippen molar-refractivity contribution >= 4 is 27.0 Å². The van der Waals surface area contributed by atoms with E-state index in [0.717, 1.165) is 0 Å². The third-order valence-corrected chi connectivity index (χ3v) is 4.84. The minimum atomic E-state index is -3.07. The molecule has 1 rings (SSSR count). The number of rotatable bonds is 4. The van der Waals surface area contributed by atoms with Crippen molar-refractivity contribution in [1.29, 1.82) is 5.41 Å². The molecule has 0 aromatic carbocycles. The molecule has 3 N–H and O–H groups in total. The Labute approximate surface area is 92.8 Å². The summed E-state index contributed by atoms with van der Waals surface area (Å²) in [5.74, 6) is -0.0336. The number of nitrogen functional groups attached to an aromatic ring is 1. The van der Waals surface area contributed by atoms with Gasteiger partial charge in [0.15, 0.2) is 9.84 Å². The van der Waals surface area contributed by atoms with Gasteiger partial charge in [-0.2, -0.15) is 0 Å². The van der Waals surface area contributed by atoms with Crippen LogP contribution in [0.15, 0.2) is 0 Å². The van der Waals surface area contributed by atoms with E-state index in [-0.39, 0.29) is 17.3 Å². The number of nitrogens with one attached hydrogen (secondary N) is 1. The summed E-state index contributed by atoms with van der Waals surface area (Å²) in [5.41, 5.74) is 5.95. The molecule has 0 aliphatic rings. The van der Waals surface area contributed by atoms with Crippen molar-refractivity contribution in [2.24, 2.45) is 5.73 Å². The van der Waals surface area contributed by atoms with Crippen LogP contribution in [0, 0.1) is 12.3 Å². The molecule has 0 saturated heterocycles. The Kier molecular flexibility index (Phi) is 3.46. The number of hydrogen-bond donors (Lipinski definition) is 2. The molecule has 15 heavy (non-hydrogen) atoms. The van der Waals surface area contributed by atoms with Crippen LogP contribution in [0.2, 0.25) is 0 Å². The lowest BCUT2D eigenvalue weighted by atomic mass is 10.4. The van der Waals surface area contributed by atoms with Crippen molar-refractivity contribution < 1.29 is 8.42 Å². The fourth-order valence-corrected chi connectivity index (χ4v) is 3.19. The van der Waals surface area contributed by atoms with Gasteiger partial charge in [-0.3, -0.25) is 5.41 Å². The molecule has 5 nitrogen and oxygen atoms in total. The van der Waals surface area contributed by atoms with Crippen LogP contribution in [0.25, 0.3) is 0 Å². The molecule has 0 spiro atoms. The smallest absolute Gasteiger partial charge is 0.156 e. The van der Waals surface area contributed by atoms with Gasteiger partial charge in [0.2, 0.25) is 0 Å². The molecule has 0 atom stereocenters. The summed E-state index contributed by atoms with van der Waals surface area (Å²) in [7, 11) is -3.07. The molecule has 0 aliphatic carbocycles. The van der Waals surface area contributed by atoms with Crippen LogP contribution in [-0.4, -0.2) is 25.0 Å². The first-order chi connectivity index (χ1) is 6.85. The highest BCUT2D eigenvalue weighted by Gasteiger charge is 2.15. The van der Waals surface area contributed by atoms with Gasteiger partial charge in [-0.25, -0.2) is 13.4 Å². The van der Waals surface area contributed by atoms with Crippen molar-refractivity contribution in [3.63, 3.8) is 0 Å². The molecule has 0 aliphatic heterocycles. The average Bonchev–Trinajstić information content (AvgIpc) is 2.46. The summed E-state index contributed by atoms with van der Waals surface area (Å²) in [6.07, 6.45) is 0. The lowest BCUT2D eigenvalue weighted by Crippen LogP contribution is -2.10. The Morgan fingerprint density at radius 3 is 2.60 bits per heavy atom. The normalized spacial score (nSPS) is 11.6. The van der Waals surface area contributed by atoms with E-state index in [1.807, 2.05) is 0 Å². The maximum absolute atomic E-state index is 11.3. The highest BCUT2D eigenvalue weighted by atomic mass is 32.2. The zero-order valence-electron chi connectivity index (χ0n) is 8.57. The molecule has 1 aromatic heterocycles. The minimum Gasteiger partial charge on any atom is -0.383 e. The molecule has 0 fully saturated rings. The quantitative estimate of drug-likeness (QED) is 0.603. The SMILES string of the molecule is CCS(=O)(=O)Cc1nc(C)c(C(=N)N)s1. The summed E-state index contributed by atoms with van der Waals surface area (Å²) in [4.78, 5) is 4.64. The number of hydrogen-bond acceptors (Lipinski definition) is 5. The predicted octanol–water partition coefficient (Wildman–Crippen LogP) is 0.670. The molecule has 1 aromatic rings. The number of thiazole rings is 1. The second-order valence-electron chi connectivity index (χ2n) is 3.11. The largest absolute Gasteiger partial charge is 0.383 e. The molecule has 7 heteroatoms. The predicted molar refractivity (Wildman–Crippen MR) is 61.0 cm³/mol. The Balaban J connectivity index is 2.99. The molecular formula is C8H13N3O2S2. The van der Waals surface area contributed by atoms with E-state index in [1.54, 1.807) is 13.8 Å². The van der Waals surface area contributed by atoms with E-state index >= 15 is 0 Å². The van der Waals surface area contributed by atoms with Crippen LogP contribution in [0.1, 0.15) is 22.5 Å². The highest BCUT2D eigenvalue weighted by Crippen LogP contribution is 2.19. The first-order valence-electron chi connectivity index (χ1n) is 4.37. The van der Waals surface area contributed by atoms with E-state index in [9.17, 15) is 8.42 Å². The molecule has 0 saturated carbocycles. The van der Waals surface area contributed by atoms with Gasteiger partial charge in [0.05, 0.1) is 10.6 Å². The molecular weight excluding hydrogens is 234 g/mol. The lowest BCUT2D eigenvalue weighted by molar-refractivity contribution is 0.596. The summed E-state index contributed by atoms with van der Waals surface area (Å²) in [6, 6.07) is 0. The van der Waals surface area contributed by atoms with Gasteiger partial charge in [-0.05, 0) is 6.92 Å². The van der Waals surface area contributed by atoms with E-state index in [0.29, 0.717) is 15.6 Å². The number of aromatic nitrogens is 1. The Bertz CT molecular complexity index is 476. The molecule has 1 heterocycles. The minimum absolute atomic E-state index is 0.0647. The second kappa shape index (κ2) is 4.28. The fourth-order valence-electron chi connectivity index (χ4n) is 1.05. The summed E-state index contributed by atoms with van der Waals surface area (Å²) in [6.45, 7) is 3.32. The van der Waals surface area contributed by atoms with Gasteiger partial charge < -0.3 is 5.73 Å². The molecule has 0 bridgehead atoms. The van der Waals surface area contributed by atoms with Crippen LogP contribution in [-0.2, 0) is 15.6 Å². The monoisotopic (exact) mass is 247 g/mol. The van der Waals surface area contributed by atoms with E-state index < -0.39 is 9.84 Å². The van der Waals surface area contributed by atoms with E-state index in [2.05, 4.69) is 4.98 Å². The Morgan fingerprint density at radius 1 is 1.60 bits per heavy atom. The lowest BCUT2D eigenvalue weighted by Gasteiger charge is -1.95. The van der Waals surface area contributed by atoms with Crippen molar-refractivity contribution in [3.05, 3.63) is 15.6 Å². The number of nitrogens with zero attached hydrogens (tertiary/aromatic N) is 1. The second-order valence-corrected chi connectivity index (χ2v) is 6.55. The summed E-state index contributed by atoms with van der Waals surface area (Å²) < 4.78 is 22.7. The van der Waals surface area contributed by atoms with Crippen molar-refractivity contribution in [2.45, 2.75) is 19.6 Å². The average molecular weight is 247 g/mol. The topological polar surface area (TPSA) is 96.9 Å². The number of aryl methyl sites for hydroxylation is 1. The van der Waals surface area contributed by atoms with Crippen LogP contribution in [0.3, 0.4) is 0 Å². The Hall–Kier alpha value is -0.950. The first kappa shape index (κ1) is 12.1. The van der Waals surface area contributed by atoms with E-state index in [1.165, 1.54) is 11.3 Å². The first-order valence-corrected chi connectivity index (χ1v) is 7.00. The summed E-state index contributed by atoms with van der Waals surface area (Å²) in [5, 5.41) is 7.76. The van der Waals surface area contributed by atoms with Crippen LogP contribution in [0.4, 0.5) is 0 Å². The van der Waals surface area contributed by atoms with Gasteiger partial charge in [-0.15, -0.1) is 11.3 Å². The van der Waals surface area contributed by atoms with Crippen molar-refractivity contribution in [1.82, 2.24) is 4.98 Å². The van der Waals surface area contributed by atoms with Gasteiger partial charge in [0.1, 0.15) is 16.6 Å². The zero-order valence-corrected chi connectivity index (χ0v) is 10.2. The fraction of sp³-hybridized carbons (Fsp3) is 0.500. The van der Waals surface area contributed by atoms with Gasteiger partial charge in [0, 0.05) is 5.75 Å². The van der Waals surface area contributed by atoms with Crippen LogP contribution >= 0.6 is 11.3 Å². The third-order valence-electron chi connectivity index (χ3n) is 1.87. The molecule has 0 unspecified atom stereocenters. The number of sulfone groups is 1. The zero-order chi connectivity index (χ0) is 11.6. The summed E-state index contributed by atoms with van der Waals surface area (Å²) >= 11 is 1.17. The number of nitrogens with two attached hydrogens (primary N) is 1. The van der Waals surface area contributed by atoms with Crippen molar-refractivity contribution in [2.75, 3.05) is 5.75 Å². The Morgan fingerprint density at radius 2 is 2.20 bits per heavy atom. The van der Waals surface area contributed by atoms with Crippen molar-refractivity contribution in [3.8, 4) is 0 Å². The van der Waals surface area contributed by atoms with Gasteiger partial charge >= 0.3 is 0 Å². The van der Waals surface area contributed by atoms with Gasteiger partial charge in [-0.1, -0.05) is 6.92 Å². The standard InChI is InChI=1S/C8H13N3O2S2/c1-3-15(12,13)4-6-11-5(2)7(14-6)8(9)10/h3-4H2,1-2H3,(H3,9,10). The molecule has 0 radical (unpaired) electrons. The maximum atomic E-state index is 11.3. The van der Waals surface area contributed by atoms with Crippen LogP contribution in [0.5, 0.6) is 0 Å². The highest BCUT2D eigenvalue weighted by molar-refractivity contribution is 7.90.